The normalized spacial score (nSPS) is 26.7. The minimum atomic E-state index is 0.649. The lowest BCUT2D eigenvalue weighted by Crippen LogP contribution is -2.42. The van der Waals surface area contributed by atoms with Crippen LogP contribution >= 0.6 is 11.8 Å². The van der Waals surface area contributed by atoms with Crippen LogP contribution in [0.4, 0.5) is 0 Å². The molecular weight excluding hydrogens is 264 g/mol. The Morgan fingerprint density at radius 1 is 1.25 bits per heavy atom. The molecule has 1 heterocycles. The van der Waals surface area contributed by atoms with Crippen LogP contribution in [-0.2, 0) is 0 Å². The van der Waals surface area contributed by atoms with E-state index in [2.05, 4.69) is 45.1 Å². The van der Waals surface area contributed by atoms with Gasteiger partial charge in [0.1, 0.15) is 0 Å². The standard InChI is InChI=1S/C17H28N2S/c1-5-14-7-8-15(18-6-2)16(11-14)20-17-10-12(3)9-13(4)19-17/h9-10,14-16,18H,5-8,11H2,1-4H3. The van der Waals surface area contributed by atoms with Crippen molar-refractivity contribution >= 4 is 11.8 Å². The zero-order valence-corrected chi connectivity index (χ0v) is 14.1. The lowest BCUT2D eigenvalue weighted by molar-refractivity contribution is 0.297. The second-order valence-corrected chi connectivity index (χ2v) is 7.29. The number of aryl methyl sites for hydroxylation is 2. The summed E-state index contributed by atoms with van der Waals surface area (Å²) < 4.78 is 0. The Bertz CT molecular complexity index is 413. The number of aromatic nitrogens is 1. The summed E-state index contributed by atoms with van der Waals surface area (Å²) in [7, 11) is 0. The van der Waals surface area contributed by atoms with Crippen LogP contribution in [0, 0.1) is 19.8 Å². The molecular formula is C17H28N2S. The molecule has 0 saturated heterocycles. The molecule has 20 heavy (non-hydrogen) atoms. The Balaban J connectivity index is 2.09. The number of nitrogens with one attached hydrogen (secondary N) is 1. The maximum atomic E-state index is 4.71. The topological polar surface area (TPSA) is 24.9 Å². The third-order valence-corrected chi connectivity index (χ3v) is 5.56. The summed E-state index contributed by atoms with van der Waals surface area (Å²) in [6.07, 6.45) is 5.34. The maximum Gasteiger partial charge on any atom is 0.0968 e. The number of nitrogens with zero attached hydrogens (tertiary/aromatic N) is 1. The molecule has 3 atom stereocenters. The van der Waals surface area contributed by atoms with Crippen LogP contribution in [0.25, 0.3) is 0 Å². The van der Waals surface area contributed by atoms with Crippen molar-refractivity contribution in [1.29, 1.82) is 0 Å². The van der Waals surface area contributed by atoms with E-state index in [0.717, 1.165) is 18.2 Å². The van der Waals surface area contributed by atoms with Crippen LogP contribution in [-0.4, -0.2) is 22.8 Å². The van der Waals surface area contributed by atoms with Gasteiger partial charge in [-0.2, -0.15) is 0 Å². The van der Waals surface area contributed by atoms with Crippen LogP contribution in [0.15, 0.2) is 17.2 Å². The first-order valence-corrected chi connectivity index (χ1v) is 8.85. The molecule has 1 aliphatic rings. The smallest absolute Gasteiger partial charge is 0.0968 e. The SMILES string of the molecule is CCNC1CCC(CC)CC1Sc1cc(C)cc(C)n1. The number of thioether (sulfide) groups is 1. The molecule has 112 valence electrons. The third-order valence-electron chi connectivity index (χ3n) is 4.29. The Labute approximate surface area is 128 Å². The van der Waals surface area contributed by atoms with Gasteiger partial charge in [0.15, 0.2) is 0 Å². The highest BCUT2D eigenvalue weighted by Crippen LogP contribution is 2.37. The summed E-state index contributed by atoms with van der Waals surface area (Å²) in [5.74, 6) is 0.897. The Morgan fingerprint density at radius 2 is 2.05 bits per heavy atom. The van der Waals surface area contributed by atoms with E-state index in [1.54, 1.807) is 0 Å². The molecule has 1 N–H and O–H groups in total. The summed E-state index contributed by atoms with van der Waals surface area (Å²) in [6, 6.07) is 5.04. The second kappa shape index (κ2) is 7.46. The van der Waals surface area contributed by atoms with E-state index in [1.165, 1.54) is 36.3 Å². The molecule has 0 amide bonds. The van der Waals surface area contributed by atoms with Gasteiger partial charge in [0.2, 0.25) is 0 Å². The molecule has 1 fully saturated rings. The second-order valence-electron chi connectivity index (χ2n) is 6.03. The Kier molecular flexibility index (Phi) is 5.91. The predicted molar refractivity (Wildman–Crippen MR) is 88.5 cm³/mol. The van der Waals surface area contributed by atoms with Crippen molar-refractivity contribution in [2.45, 2.75) is 69.7 Å². The predicted octanol–water partition coefficient (Wildman–Crippen LogP) is 4.35. The summed E-state index contributed by atoms with van der Waals surface area (Å²) >= 11 is 1.99. The van der Waals surface area contributed by atoms with Gasteiger partial charge in [-0.05, 0) is 63.3 Å². The van der Waals surface area contributed by atoms with Gasteiger partial charge < -0.3 is 5.32 Å². The van der Waals surface area contributed by atoms with E-state index in [-0.39, 0.29) is 0 Å². The van der Waals surface area contributed by atoms with Crippen molar-refractivity contribution in [2.24, 2.45) is 5.92 Å². The lowest BCUT2D eigenvalue weighted by atomic mass is 9.84. The van der Waals surface area contributed by atoms with E-state index in [4.69, 9.17) is 4.98 Å². The lowest BCUT2D eigenvalue weighted by Gasteiger charge is -2.35. The van der Waals surface area contributed by atoms with Gasteiger partial charge in [0.25, 0.3) is 0 Å². The molecule has 1 aromatic heterocycles. The first-order chi connectivity index (χ1) is 9.62. The Morgan fingerprint density at radius 3 is 2.70 bits per heavy atom. The summed E-state index contributed by atoms with van der Waals surface area (Å²) in [6.45, 7) is 9.86. The van der Waals surface area contributed by atoms with Gasteiger partial charge in [-0.15, -0.1) is 11.8 Å². The van der Waals surface area contributed by atoms with Crippen LogP contribution in [0.2, 0.25) is 0 Å². The zero-order valence-electron chi connectivity index (χ0n) is 13.3. The fraction of sp³-hybridized carbons (Fsp3) is 0.706. The Hall–Kier alpha value is -0.540. The van der Waals surface area contributed by atoms with Crippen molar-refractivity contribution in [1.82, 2.24) is 10.3 Å². The van der Waals surface area contributed by atoms with E-state index < -0.39 is 0 Å². The van der Waals surface area contributed by atoms with E-state index >= 15 is 0 Å². The highest BCUT2D eigenvalue weighted by Gasteiger charge is 2.30. The number of rotatable bonds is 5. The quantitative estimate of drug-likeness (QED) is 0.873. The monoisotopic (exact) mass is 292 g/mol. The van der Waals surface area contributed by atoms with Crippen molar-refractivity contribution < 1.29 is 0 Å². The average Bonchev–Trinajstić information content (AvgIpc) is 2.40. The van der Waals surface area contributed by atoms with Gasteiger partial charge in [0, 0.05) is 17.0 Å². The number of pyridine rings is 1. The first-order valence-electron chi connectivity index (χ1n) is 7.97. The minimum absolute atomic E-state index is 0.649. The van der Waals surface area contributed by atoms with Gasteiger partial charge in [0.05, 0.1) is 5.03 Å². The largest absolute Gasteiger partial charge is 0.313 e. The molecule has 3 unspecified atom stereocenters. The van der Waals surface area contributed by atoms with E-state index in [9.17, 15) is 0 Å². The van der Waals surface area contributed by atoms with Crippen molar-refractivity contribution in [3.63, 3.8) is 0 Å². The molecule has 2 rings (SSSR count). The fourth-order valence-electron chi connectivity index (χ4n) is 3.23. The third kappa shape index (κ3) is 4.23. The number of hydrogen-bond donors (Lipinski definition) is 1. The molecule has 0 aliphatic heterocycles. The van der Waals surface area contributed by atoms with Crippen molar-refractivity contribution in [3.05, 3.63) is 23.4 Å². The van der Waals surface area contributed by atoms with Crippen LogP contribution in [0.1, 0.15) is 50.8 Å². The molecule has 1 aliphatic carbocycles. The molecule has 3 heteroatoms. The highest BCUT2D eigenvalue weighted by atomic mass is 32.2. The van der Waals surface area contributed by atoms with Crippen LogP contribution < -0.4 is 5.32 Å². The van der Waals surface area contributed by atoms with Gasteiger partial charge in [-0.25, -0.2) is 4.98 Å². The minimum Gasteiger partial charge on any atom is -0.313 e. The van der Waals surface area contributed by atoms with Gasteiger partial charge in [-0.1, -0.05) is 20.3 Å². The van der Waals surface area contributed by atoms with Gasteiger partial charge in [-0.3, -0.25) is 0 Å². The molecule has 0 spiro atoms. The number of hydrogen-bond acceptors (Lipinski definition) is 3. The average molecular weight is 292 g/mol. The van der Waals surface area contributed by atoms with Crippen molar-refractivity contribution in [3.8, 4) is 0 Å². The van der Waals surface area contributed by atoms with Crippen molar-refractivity contribution in [2.75, 3.05) is 6.54 Å². The fourth-order valence-corrected chi connectivity index (χ4v) is 4.75. The molecule has 0 radical (unpaired) electrons. The molecule has 0 aromatic carbocycles. The zero-order chi connectivity index (χ0) is 14.5. The summed E-state index contributed by atoms with van der Waals surface area (Å²) in [5.41, 5.74) is 2.46. The van der Waals surface area contributed by atoms with Crippen LogP contribution in [0.3, 0.4) is 0 Å². The summed E-state index contributed by atoms with van der Waals surface area (Å²) in [4.78, 5) is 4.71. The van der Waals surface area contributed by atoms with Crippen LogP contribution in [0.5, 0.6) is 0 Å². The van der Waals surface area contributed by atoms with E-state index in [1.807, 2.05) is 11.8 Å². The van der Waals surface area contributed by atoms with Gasteiger partial charge >= 0.3 is 0 Å². The first kappa shape index (κ1) is 15.8. The molecule has 0 bridgehead atoms. The molecule has 1 saturated carbocycles. The highest BCUT2D eigenvalue weighted by molar-refractivity contribution is 7.99. The molecule has 1 aromatic rings. The maximum absolute atomic E-state index is 4.71. The summed E-state index contributed by atoms with van der Waals surface area (Å²) in [5, 5.41) is 5.55. The van der Waals surface area contributed by atoms with E-state index in [0.29, 0.717) is 11.3 Å². The molecule has 2 nitrogen and oxygen atoms in total.